The predicted octanol–water partition coefficient (Wildman–Crippen LogP) is 1.83. The molecule has 6 heteroatoms. The van der Waals surface area contributed by atoms with E-state index in [4.69, 9.17) is 33.7 Å². The summed E-state index contributed by atoms with van der Waals surface area (Å²) in [6.07, 6.45) is 0. The summed E-state index contributed by atoms with van der Waals surface area (Å²) in [5.74, 6) is 0. The fourth-order valence-electron chi connectivity index (χ4n) is 1.95. The first-order valence-electron chi connectivity index (χ1n) is 5.94. The van der Waals surface area contributed by atoms with Gasteiger partial charge in [-0.25, -0.2) is 10.4 Å². The van der Waals surface area contributed by atoms with Crippen LogP contribution in [0, 0.1) is 0 Å². The lowest BCUT2D eigenvalue weighted by Crippen LogP contribution is -2.48. The van der Waals surface area contributed by atoms with Crippen molar-refractivity contribution in [2.45, 2.75) is 6.04 Å². The highest BCUT2D eigenvalue weighted by Gasteiger charge is 2.17. The van der Waals surface area contributed by atoms with E-state index >= 15 is 0 Å². The van der Waals surface area contributed by atoms with Gasteiger partial charge in [0.1, 0.15) is 0 Å². The van der Waals surface area contributed by atoms with Crippen LogP contribution in [0.2, 0.25) is 10.0 Å². The molecular weight excluding hydrogens is 273 g/mol. The summed E-state index contributed by atoms with van der Waals surface area (Å²) in [6.45, 7) is 3.66. The van der Waals surface area contributed by atoms with E-state index in [9.17, 15) is 0 Å². The molecule has 0 aliphatic carbocycles. The molecule has 1 fully saturated rings. The van der Waals surface area contributed by atoms with E-state index in [2.05, 4.69) is 10.4 Å². The van der Waals surface area contributed by atoms with Gasteiger partial charge in [-0.1, -0.05) is 23.2 Å². The van der Waals surface area contributed by atoms with Crippen molar-refractivity contribution in [3.8, 4) is 0 Å². The highest BCUT2D eigenvalue weighted by molar-refractivity contribution is 6.34. The Kier molecular flexibility index (Phi) is 5.24. The van der Waals surface area contributed by atoms with Crippen molar-refractivity contribution in [1.82, 2.24) is 10.4 Å². The normalized spacial score (nSPS) is 18.8. The van der Waals surface area contributed by atoms with Crippen LogP contribution in [-0.4, -0.2) is 37.9 Å². The Morgan fingerprint density at radius 1 is 1.22 bits per heavy atom. The van der Waals surface area contributed by atoms with Gasteiger partial charge in [0.2, 0.25) is 0 Å². The molecule has 18 heavy (non-hydrogen) atoms. The zero-order valence-electron chi connectivity index (χ0n) is 10.0. The number of nitrogens with two attached hydrogens (primary N) is 1. The summed E-state index contributed by atoms with van der Waals surface area (Å²) < 4.78 is 5.30. The molecule has 1 aliphatic heterocycles. The summed E-state index contributed by atoms with van der Waals surface area (Å²) in [4.78, 5) is 0. The monoisotopic (exact) mass is 289 g/mol. The zero-order valence-corrected chi connectivity index (χ0v) is 11.5. The average Bonchev–Trinajstić information content (AvgIpc) is 2.36. The molecule has 4 nitrogen and oxygen atoms in total. The molecule has 1 atom stereocenters. The van der Waals surface area contributed by atoms with E-state index in [0.717, 1.165) is 31.9 Å². The zero-order chi connectivity index (χ0) is 13.0. The van der Waals surface area contributed by atoms with Crippen LogP contribution in [0.4, 0.5) is 0 Å². The first kappa shape index (κ1) is 14.1. The quantitative estimate of drug-likeness (QED) is 0.888. The standard InChI is InChI=1S/C12H17Cl2N3O/c13-10-5-9(6-11(14)7-10)12(8-15)16-17-1-3-18-4-2-17/h5-7,12,16H,1-4,8,15H2. The maximum Gasteiger partial charge on any atom is 0.0608 e. The van der Waals surface area contributed by atoms with Crippen LogP contribution in [0.15, 0.2) is 18.2 Å². The second kappa shape index (κ2) is 6.70. The first-order valence-corrected chi connectivity index (χ1v) is 6.69. The molecule has 1 heterocycles. The Bertz CT molecular complexity index is 377. The van der Waals surface area contributed by atoms with Crippen LogP contribution in [-0.2, 0) is 4.74 Å². The maximum atomic E-state index is 6.01. The van der Waals surface area contributed by atoms with Crippen LogP contribution < -0.4 is 11.2 Å². The molecule has 0 aromatic heterocycles. The molecule has 0 radical (unpaired) electrons. The predicted molar refractivity (Wildman–Crippen MR) is 73.8 cm³/mol. The van der Waals surface area contributed by atoms with Crippen molar-refractivity contribution in [3.05, 3.63) is 33.8 Å². The first-order chi connectivity index (χ1) is 8.69. The van der Waals surface area contributed by atoms with Gasteiger partial charge in [0, 0.05) is 29.7 Å². The average molecular weight is 290 g/mol. The van der Waals surface area contributed by atoms with Gasteiger partial charge in [-0.2, -0.15) is 0 Å². The topological polar surface area (TPSA) is 50.5 Å². The minimum atomic E-state index is 0.0132. The number of hydrogen-bond donors (Lipinski definition) is 2. The number of rotatable bonds is 4. The number of hydrazine groups is 1. The van der Waals surface area contributed by atoms with Gasteiger partial charge in [0.25, 0.3) is 0 Å². The van der Waals surface area contributed by atoms with Crippen LogP contribution >= 0.6 is 23.2 Å². The van der Waals surface area contributed by atoms with Crippen molar-refractivity contribution < 1.29 is 4.74 Å². The molecule has 1 aliphatic rings. The molecule has 0 saturated carbocycles. The summed E-state index contributed by atoms with van der Waals surface area (Å²) in [5.41, 5.74) is 10.2. The van der Waals surface area contributed by atoms with E-state index in [0.29, 0.717) is 16.6 Å². The van der Waals surface area contributed by atoms with Crippen LogP contribution in [0.1, 0.15) is 11.6 Å². The second-order valence-electron chi connectivity index (χ2n) is 4.22. The summed E-state index contributed by atoms with van der Waals surface area (Å²) in [7, 11) is 0. The van der Waals surface area contributed by atoms with Crippen molar-refractivity contribution >= 4 is 23.2 Å². The van der Waals surface area contributed by atoms with Crippen molar-refractivity contribution in [3.63, 3.8) is 0 Å². The van der Waals surface area contributed by atoms with Gasteiger partial charge < -0.3 is 10.5 Å². The fraction of sp³-hybridized carbons (Fsp3) is 0.500. The second-order valence-corrected chi connectivity index (χ2v) is 5.09. The van der Waals surface area contributed by atoms with Gasteiger partial charge in [-0.05, 0) is 23.8 Å². The van der Waals surface area contributed by atoms with Crippen LogP contribution in [0.3, 0.4) is 0 Å². The third-order valence-corrected chi connectivity index (χ3v) is 3.31. The minimum absolute atomic E-state index is 0.0132. The molecule has 2 rings (SSSR count). The number of ether oxygens (including phenoxy) is 1. The third kappa shape index (κ3) is 3.82. The lowest BCUT2D eigenvalue weighted by Gasteiger charge is -2.31. The molecule has 100 valence electrons. The molecule has 0 spiro atoms. The highest BCUT2D eigenvalue weighted by Crippen LogP contribution is 2.23. The summed E-state index contributed by atoms with van der Waals surface area (Å²) >= 11 is 12.0. The molecule has 1 saturated heterocycles. The van der Waals surface area contributed by atoms with Gasteiger partial charge in [0.15, 0.2) is 0 Å². The summed E-state index contributed by atoms with van der Waals surface area (Å²) in [5, 5.41) is 3.37. The fourth-order valence-corrected chi connectivity index (χ4v) is 2.50. The van der Waals surface area contributed by atoms with Crippen LogP contribution in [0.25, 0.3) is 0 Å². The number of nitrogens with zero attached hydrogens (tertiary/aromatic N) is 1. The number of morpholine rings is 1. The van der Waals surface area contributed by atoms with E-state index in [-0.39, 0.29) is 6.04 Å². The number of benzene rings is 1. The number of halogens is 2. The Morgan fingerprint density at radius 2 is 1.83 bits per heavy atom. The minimum Gasteiger partial charge on any atom is -0.379 e. The molecule has 1 aromatic carbocycles. The Balaban J connectivity index is 2.06. The van der Waals surface area contributed by atoms with Gasteiger partial charge in [-0.15, -0.1) is 0 Å². The molecule has 0 bridgehead atoms. The lowest BCUT2D eigenvalue weighted by molar-refractivity contribution is 0.00405. The van der Waals surface area contributed by atoms with E-state index in [1.807, 2.05) is 12.1 Å². The lowest BCUT2D eigenvalue weighted by atomic mass is 10.1. The van der Waals surface area contributed by atoms with E-state index in [1.54, 1.807) is 6.07 Å². The molecule has 3 N–H and O–H groups in total. The van der Waals surface area contributed by atoms with Gasteiger partial charge >= 0.3 is 0 Å². The Morgan fingerprint density at radius 3 is 2.39 bits per heavy atom. The number of nitrogens with one attached hydrogen (secondary N) is 1. The van der Waals surface area contributed by atoms with E-state index in [1.165, 1.54) is 0 Å². The van der Waals surface area contributed by atoms with E-state index < -0.39 is 0 Å². The van der Waals surface area contributed by atoms with Crippen molar-refractivity contribution in [2.75, 3.05) is 32.8 Å². The molecule has 0 amide bonds. The molecular formula is C12H17Cl2N3O. The van der Waals surface area contributed by atoms with Crippen molar-refractivity contribution in [2.24, 2.45) is 5.73 Å². The molecule has 1 unspecified atom stereocenters. The largest absolute Gasteiger partial charge is 0.379 e. The third-order valence-electron chi connectivity index (χ3n) is 2.87. The van der Waals surface area contributed by atoms with Gasteiger partial charge in [0.05, 0.1) is 19.3 Å². The Labute approximate surface area is 117 Å². The number of hydrogen-bond acceptors (Lipinski definition) is 4. The smallest absolute Gasteiger partial charge is 0.0608 e. The highest BCUT2D eigenvalue weighted by atomic mass is 35.5. The van der Waals surface area contributed by atoms with Gasteiger partial charge in [-0.3, -0.25) is 0 Å². The van der Waals surface area contributed by atoms with Crippen molar-refractivity contribution in [1.29, 1.82) is 0 Å². The Hall–Kier alpha value is -0.360. The SMILES string of the molecule is NCC(NN1CCOCC1)c1cc(Cl)cc(Cl)c1. The maximum absolute atomic E-state index is 6.01. The molecule has 1 aromatic rings. The summed E-state index contributed by atoms with van der Waals surface area (Å²) in [6, 6.07) is 5.51. The van der Waals surface area contributed by atoms with Crippen LogP contribution in [0.5, 0.6) is 0 Å².